The number of benzene rings is 3. The van der Waals surface area contributed by atoms with Gasteiger partial charge in [-0.3, -0.25) is 0 Å². The van der Waals surface area contributed by atoms with E-state index in [1.807, 2.05) is 0 Å². The Hall–Kier alpha value is -4.55. The maximum absolute atomic E-state index is 14.0. The van der Waals surface area contributed by atoms with Gasteiger partial charge in [0.25, 0.3) is 0 Å². The summed E-state index contributed by atoms with van der Waals surface area (Å²) in [6.07, 6.45) is -3.46. The molecule has 1 N–H and O–H groups in total. The van der Waals surface area contributed by atoms with Gasteiger partial charge in [-0.1, -0.05) is 12.1 Å². The molecular formula is C25H14F7N3O3. The van der Waals surface area contributed by atoms with Crippen molar-refractivity contribution in [2.75, 3.05) is 5.32 Å². The number of rotatable bonds is 5. The minimum Gasteiger partial charge on any atom is -0.435 e. The van der Waals surface area contributed by atoms with E-state index in [-0.39, 0.29) is 17.1 Å². The summed E-state index contributed by atoms with van der Waals surface area (Å²) in [4.78, 5) is 12.9. The molecule has 4 aromatic rings. The van der Waals surface area contributed by atoms with Gasteiger partial charge in [-0.2, -0.15) is 36.1 Å². The Bertz CT molecular complexity index is 1500. The smallest absolute Gasteiger partial charge is 0.435 e. The SMILES string of the molecule is O=C(Nc1ccc2c(c1)C(F)(F)C(F)(F)O2)n1cc(-c2ccc(F)cc2)c(-c2ccc(OC(F)F)cc2)n1. The van der Waals surface area contributed by atoms with Gasteiger partial charge >= 0.3 is 24.7 Å². The minimum atomic E-state index is -4.74. The van der Waals surface area contributed by atoms with Crippen LogP contribution in [-0.2, 0) is 5.92 Å². The van der Waals surface area contributed by atoms with E-state index >= 15 is 0 Å². The summed E-state index contributed by atoms with van der Waals surface area (Å²) >= 11 is 0. The van der Waals surface area contributed by atoms with E-state index in [4.69, 9.17) is 0 Å². The molecule has 13 heteroatoms. The van der Waals surface area contributed by atoms with Gasteiger partial charge in [-0.05, 0) is 60.2 Å². The van der Waals surface area contributed by atoms with Gasteiger partial charge in [-0.15, -0.1) is 0 Å². The molecule has 0 radical (unpaired) electrons. The van der Waals surface area contributed by atoms with Crippen LogP contribution in [0.25, 0.3) is 22.4 Å². The summed E-state index contributed by atoms with van der Waals surface area (Å²) in [5.74, 6) is -5.97. The first-order valence-electron chi connectivity index (χ1n) is 10.8. The third-order valence-electron chi connectivity index (χ3n) is 5.60. The summed E-state index contributed by atoms with van der Waals surface area (Å²) in [7, 11) is 0. The molecule has 0 bridgehead atoms. The first-order valence-corrected chi connectivity index (χ1v) is 10.8. The van der Waals surface area contributed by atoms with Crippen molar-refractivity contribution >= 4 is 11.7 Å². The summed E-state index contributed by atoms with van der Waals surface area (Å²) in [6, 6.07) is 12.3. The van der Waals surface area contributed by atoms with E-state index in [0.717, 1.165) is 16.8 Å². The number of ether oxygens (including phenoxy) is 2. The van der Waals surface area contributed by atoms with Crippen LogP contribution >= 0.6 is 0 Å². The van der Waals surface area contributed by atoms with Gasteiger partial charge in [0.2, 0.25) is 0 Å². The van der Waals surface area contributed by atoms with Gasteiger partial charge in [0.05, 0.1) is 5.56 Å². The van der Waals surface area contributed by atoms with E-state index in [0.29, 0.717) is 22.8 Å². The van der Waals surface area contributed by atoms with Crippen LogP contribution < -0.4 is 14.8 Å². The van der Waals surface area contributed by atoms with Crippen molar-refractivity contribution in [3.05, 3.63) is 84.3 Å². The number of halogens is 7. The Morgan fingerprint density at radius 3 is 2.26 bits per heavy atom. The van der Waals surface area contributed by atoms with Crippen LogP contribution in [0, 0.1) is 5.82 Å². The van der Waals surface area contributed by atoms with Crippen molar-refractivity contribution in [1.29, 1.82) is 0 Å². The molecule has 38 heavy (non-hydrogen) atoms. The third kappa shape index (κ3) is 4.51. The highest BCUT2D eigenvalue weighted by Gasteiger charge is 2.66. The highest BCUT2D eigenvalue weighted by molar-refractivity contribution is 5.93. The average Bonchev–Trinajstić information content (AvgIpc) is 3.37. The molecule has 1 aliphatic heterocycles. The molecule has 0 spiro atoms. The van der Waals surface area contributed by atoms with Crippen LogP contribution in [-0.4, -0.2) is 28.5 Å². The number of aromatic nitrogens is 2. The number of amides is 1. The fourth-order valence-corrected chi connectivity index (χ4v) is 3.81. The Morgan fingerprint density at radius 1 is 0.947 bits per heavy atom. The zero-order chi connectivity index (χ0) is 27.2. The number of hydrogen-bond acceptors (Lipinski definition) is 4. The van der Waals surface area contributed by atoms with Crippen LogP contribution in [0.15, 0.2) is 72.9 Å². The quantitative estimate of drug-likeness (QED) is 0.276. The van der Waals surface area contributed by atoms with Gasteiger partial charge < -0.3 is 14.8 Å². The van der Waals surface area contributed by atoms with E-state index in [2.05, 4.69) is 19.9 Å². The second-order valence-corrected chi connectivity index (χ2v) is 8.08. The van der Waals surface area contributed by atoms with E-state index in [1.165, 1.54) is 54.7 Å². The highest BCUT2D eigenvalue weighted by Crippen LogP contribution is 2.53. The zero-order valence-electron chi connectivity index (χ0n) is 18.8. The third-order valence-corrected chi connectivity index (χ3v) is 5.60. The Labute approximate surface area is 209 Å². The average molecular weight is 537 g/mol. The molecule has 0 saturated carbocycles. The van der Waals surface area contributed by atoms with Crippen molar-refractivity contribution in [1.82, 2.24) is 9.78 Å². The molecule has 6 nitrogen and oxygen atoms in total. The number of anilines is 1. The minimum absolute atomic E-state index is 0.118. The first-order chi connectivity index (χ1) is 17.9. The van der Waals surface area contributed by atoms with Crippen LogP contribution in [0.2, 0.25) is 0 Å². The summed E-state index contributed by atoms with van der Waals surface area (Å²) in [5.41, 5.74) is 0.0437. The van der Waals surface area contributed by atoms with Crippen LogP contribution in [0.4, 0.5) is 41.2 Å². The van der Waals surface area contributed by atoms with Crippen molar-refractivity contribution in [3.8, 4) is 33.9 Å². The molecule has 5 rings (SSSR count). The summed E-state index contributed by atoms with van der Waals surface area (Å²) < 4.78 is 103. The predicted molar refractivity (Wildman–Crippen MR) is 120 cm³/mol. The Balaban J connectivity index is 1.48. The van der Waals surface area contributed by atoms with E-state index < -0.39 is 41.8 Å². The lowest BCUT2D eigenvalue weighted by atomic mass is 10.0. The van der Waals surface area contributed by atoms with E-state index in [9.17, 15) is 35.5 Å². The lowest BCUT2D eigenvalue weighted by molar-refractivity contribution is -0.296. The standard InChI is InChI=1S/C25H14F7N3O3/c26-15-5-1-13(2-6-15)18-12-35(34-21(18)14-3-8-17(9-4-14)37-22(27)28)23(36)33-16-7-10-20-19(11-16)24(29,30)25(31,32)38-20/h1-12,22H,(H,33,36). The number of carbonyl (C=O) groups excluding carboxylic acids is 1. The predicted octanol–water partition coefficient (Wildman–Crippen LogP) is 7.11. The fourth-order valence-electron chi connectivity index (χ4n) is 3.81. The van der Waals surface area contributed by atoms with Crippen LogP contribution in [0.1, 0.15) is 5.56 Å². The molecular weight excluding hydrogens is 523 g/mol. The molecule has 0 aliphatic carbocycles. The fraction of sp³-hybridized carbons (Fsp3) is 0.120. The van der Waals surface area contributed by atoms with Crippen molar-refractivity contribution in [2.24, 2.45) is 0 Å². The molecule has 3 aromatic carbocycles. The second-order valence-electron chi connectivity index (χ2n) is 8.08. The maximum atomic E-state index is 14.0. The number of nitrogens with zero attached hydrogens (tertiary/aromatic N) is 2. The van der Waals surface area contributed by atoms with Crippen molar-refractivity contribution < 1.29 is 45.0 Å². The zero-order valence-corrected chi connectivity index (χ0v) is 18.8. The number of fused-ring (bicyclic) bond motifs is 1. The highest BCUT2D eigenvalue weighted by atomic mass is 19.3. The number of nitrogens with one attached hydrogen (secondary N) is 1. The van der Waals surface area contributed by atoms with Crippen LogP contribution in [0.5, 0.6) is 11.5 Å². The summed E-state index contributed by atoms with van der Waals surface area (Å²) in [5, 5.41) is 6.52. The topological polar surface area (TPSA) is 65.4 Å². The molecule has 0 unspecified atom stereocenters. The normalized spacial score (nSPS) is 15.2. The Morgan fingerprint density at radius 2 is 1.61 bits per heavy atom. The number of alkyl halides is 6. The van der Waals surface area contributed by atoms with Gasteiger partial charge in [0.1, 0.15) is 23.0 Å². The van der Waals surface area contributed by atoms with E-state index in [1.54, 1.807) is 0 Å². The monoisotopic (exact) mass is 537 g/mol. The number of hydrogen-bond donors (Lipinski definition) is 1. The summed E-state index contributed by atoms with van der Waals surface area (Å²) in [6.45, 7) is -3.03. The molecule has 2 heterocycles. The van der Waals surface area contributed by atoms with Crippen molar-refractivity contribution in [3.63, 3.8) is 0 Å². The Kier molecular flexibility index (Phi) is 6.00. The molecule has 196 valence electrons. The molecule has 1 amide bonds. The lowest BCUT2D eigenvalue weighted by Gasteiger charge is -2.16. The lowest BCUT2D eigenvalue weighted by Crippen LogP contribution is -2.37. The van der Waals surface area contributed by atoms with Crippen LogP contribution in [0.3, 0.4) is 0 Å². The van der Waals surface area contributed by atoms with Crippen molar-refractivity contribution in [2.45, 2.75) is 18.6 Å². The first kappa shape index (κ1) is 25.1. The maximum Gasteiger partial charge on any atom is 0.469 e. The molecule has 0 fully saturated rings. The molecule has 1 aromatic heterocycles. The molecule has 0 saturated heterocycles. The largest absolute Gasteiger partial charge is 0.469 e. The second kappa shape index (κ2) is 9.08. The van der Waals surface area contributed by atoms with Gasteiger partial charge in [0.15, 0.2) is 0 Å². The number of carbonyl (C=O) groups is 1. The van der Waals surface area contributed by atoms with Gasteiger partial charge in [0, 0.05) is 23.0 Å². The van der Waals surface area contributed by atoms with Gasteiger partial charge in [-0.25, -0.2) is 9.18 Å². The molecule has 0 atom stereocenters. The molecule has 1 aliphatic rings.